The Morgan fingerprint density at radius 3 is 3.18 bits per heavy atom. The number of ether oxygens (including phenoxy) is 2. The molecule has 1 aromatic rings. The summed E-state index contributed by atoms with van der Waals surface area (Å²) in [6.45, 7) is 2.09. The molecule has 0 radical (unpaired) electrons. The van der Waals surface area contributed by atoms with Crippen LogP contribution in [-0.2, 0) is 11.2 Å². The third-order valence-electron chi connectivity index (χ3n) is 4.26. The van der Waals surface area contributed by atoms with E-state index >= 15 is 0 Å². The van der Waals surface area contributed by atoms with Gasteiger partial charge in [-0.15, -0.1) is 0 Å². The lowest BCUT2D eigenvalue weighted by Crippen LogP contribution is -2.53. The van der Waals surface area contributed by atoms with Crippen molar-refractivity contribution in [2.75, 3.05) is 32.5 Å². The van der Waals surface area contributed by atoms with Crippen LogP contribution in [0.4, 0.5) is 5.69 Å². The minimum absolute atomic E-state index is 0.0351. The van der Waals surface area contributed by atoms with E-state index in [1.54, 1.807) is 13.2 Å². The van der Waals surface area contributed by atoms with E-state index in [4.69, 9.17) is 26.8 Å². The number of nitrogens with one attached hydrogen (secondary N) is 2. The fourth-order valence-electron chi connectivity index (χ4n) is 3.02. The number of piperidine rings is 1. The second-order valence-corrected chi connectivity index (χ2v) is 5.98. The van der Waals surface area contributed by atoms with Crippen LogP contribution in [0, 0.1) is 0 Å². The van der Waals surface area contributed by atoms with Crippen LogP contribution in [0.2, 0.25) is 5.02 Å². The molecule has 0 unspecified atom stereocenters. The molecule has 0 aliphatic carbocycles. The molecule has 22 heavy (non-hydrogen) atoms. The Morgan fingerprint density at radius 2 is 2.41 bits per heavy atom. The summed E-state index contributed by atoms with van der Waals surface area (Å²) < 4.78 is 11.0. The lowest BCUT2D eigenvalue weighted by atomic mass is 10.0. The van der Waals surface area contributed by atoms with Crippen molar-refractivity contribution in [3.05, 3.63) is 22.2 Å². The number of amides is 1. The highest BCUT2D eigenvalue weighted by atomic mass is 35.5. The normalized spacial score (nSPS) is 23.7. The zero-order valence-electron chi connectivity index (χ0n) is 12.4. The van der Waals surface area contributed by atoms with E-state index in [1.807, 2.05) is 0 Å². The molecule has 2 heterocycles. The van der Waals surface area contributed by atoms with Crippen molar-refractivity contribution in [1.82, 2.24) is 10.6 Å². The van der Waals surface area contributed by atoms with Crippen LogP contribution < -0.4 is 21.1 Å². The largest absolute Gasteiger partial charge is 0.492 e. The summed E-state index contributed by atoms with van der Waals surface area (Å²) in [5, 5.41) is 6.67. The molecule has 7 heteroatoms. The van der Waals surface area contributed by atoms with Gasteiger partial charge in [-0.05, 0) is 19.0 Å². The Labute approximate surface area is 134 Å². The second kappa shape index (κ2) is 6.32. The Balaban J connectivity index is 1.84. The summed E-state index contributed by atoms with van der Waals surface area (Å²) in [7, 11) is 1.65. The van der Waals surface area contributed by atoms with Gasteiger partial charge in [0.1, 0.15) is 5.75 Å². The van der Waals surface area contributed by atoms with Gasteiger partial charge in [0.2, 0.25) is 0 Å². The van der Waals surface area contributed by atoms with Crippen LogP contribution in [0.3, 0.4) is 0 Å². The third kappa shape index (κ3) is 2.74. The van der Waals surface area contributed by atoms with Crippen molar-refractivity contribution >= 4 is 23.2 Å². The summed E-state index contributed by atoms with van der Waals surface area (Å²) in [5.74, 6) is 0.358. The van der Waals surface area contributed by atoms with E-state index in [0.29, 0.717) is 35.1 Å². The van der Waals surface area contributed by atoms with Gasteiger partial charge in [0, 0.05) is 25.6 Å². The predicted octanol–water partition coefficient (Wildman–Crippen LogP) is 0.964. The number of nitrogen functional groups attached to an aromatic ring is 1. The molecule has 0 bridgehead atoms. The van der Waals surface area contributed by atoms with Gasteiger partial charge in [-0.25, -0.2) is 0 Å². The first-order valence-corrected chi connectivity index (χ1v) is 7.77. The van der Waals surface area contributed by atoms with E-state index in [1.165, 1.54) is 0 Å². The summed E-state index contributed by atoms with van der Waals surface area (Å²) in [4.78, 5) is 12.6. The van der Waals surface area contributed by atoms with Crippen LogP contribution in [0.1, 0.15) is 22.3 Å². The van der Waals surface area contributed by atoms with Crippen LogP contribution in [0.25, 0.3) is 0 Å². The molecule has 120 valence electrons. The number of carbonyl (C=O) groups excluding carboxylic acids is 1. The lowest BCUT2D eigenvalue weighted by molar-refractivity contribution is 0.0476. The standard InChI is InChI=1S/C15H20ClN3O3/c1-21-12-7-18-4-2-11(12)19-15(20)9-6-10(16)13(17)8-3-5-22-14(8)9/h6,11-12,18H,2-5,7,17H2,1H3,(H,19,20)/t11-,12+/m1/s1. The molecule has 2 aliphatic rings. The number of rotatable bonds is 3. The molecule has 1 aromatic carbocycles. The van der Waals surface area contributed by atoms with E-state index < -0.39 is 0 Å². The van der Waals surface area contributed by atoms with Gasteiger partial charge in [0.25, 0.3) is 5.91 Å². The van der Waals surface area contributed by atoms with Crippen molar-refractivity contribution < 1.29 is 14.3 Å². The summed E-state index contributed by atoms with van der Waals surface area (Å²) in [6, 6.07) is 1.55. The number of nitrogens with two attached hydrogens (primary N) is 1. The highest BCUT2D eigenvalue weighted by Crippen LogP contribution is 2.38. The maximum absolute atomic E-state index is 12.6. The SMILES string of the molecule is CO[C@H]1CNCC[C@H]1NC(=O)c1cc(Cl)c(N)c2c1OCC2. The zero-order valence-corrected chi connectivity index (χ0v) is 13.2. The van der Waals surface area contributed by atoms with Crippen molar-refractivity contribution in [3.8, 4) is 5.75 Å². The molecule has 0 aromatic heterocycles. The highest BCUT2D eigenvalue weighted by Gasteiger charge is 2.30. The fraction of sp³-hybridized carbons (Fsp3) is 0.533. The van der Waals surface area contributed by atoms with Crippen LogP contribution >= 0.6 is 11.6 Å². The van der Waals surface area contributed by atoms with Crippen LogP contribution in [0.5, 0.6) is 5.75 Å². The van der Waals surface area contributed by atoms with Gasteiger partial charge in [-0.1, -0.05) is 11.6 Å². The average Bonchev–Trinajstić information content (AvgIpc) is 3.01. The zero-order chi connectivity index (χ0) is 15.7. The number of benzene rings is 1. The lowest BCUT2D eigenvalue weighted by Gasteiger charge is -2.31. The molecule has 1 saturated heterocycles. The maximum Gasteiger partial charge on any atom is 0.255 e. The van der Waals surface area contributed by atoms with Crippen molar-refractivity contribution in [1.29, 1.82) is 0 Å². The Kier molecular flexibility index (Phi) is 4.42. The first-order valence-electron chi connectivity index (χ1n) is 7.40. The Morgan fingerprint density at radius 1 is 1.59 bits per heavy atom. The van der Waals surface area contributed by atoms with Gasteiger partial charge < -0.3 is 25.8 Å². The maximum atomic E-state index is 12.6. The first kappa shape index (κ1) is 15.4. The van der Waals surface area contributed by atoms with Crippen LogP contribution in [0.15, 0.2) is 6.07 Å². The summed E-state index contributed by atoms with van der Waals surface area (Å²) in [5.41, 5.74) is 7.73. The first-order chi connectivity index (χ1) is 10.6. The smallest absolute Gasteiger partial charge is 0.255 e. The fourth-order valence-corrected chi connectivity index (χ4v) is 3.25. The summed E-state index contributed by atoms with van der Waals surface area (Å²) >= 11 is 6.15. The Bertz CT molecular complexity index is 594. The van der Waals surface area contributed by atoms with E-state index in [9.17, 15) is 4.79 Å². The molecule has 2 atom stereocenters. The highest BCUT2D eigenvalue weighted by molar-refractivity contribution is 6.33. The molecule has 6 nitrogen and oxygen atoms in total. The molecule has 0 saturated carbocycles. The van der Waals surface area contributed by atoms with Crippen molar-refractivity contribution in [2.24, 2.45) is 0 Å². The monoisotopic (exact) mass is 325 g/mol. The van der Waals surface area contributed by atoms with Gasteiger partial charge in [0.15, 0.2) is 0 Å². The molecule has 1 amide bonds. The van der Waals surface area contributed by atoms with Gasteiger partial charge in [0.05, 0.1) is 35.0 Å². The topological polar surface area (TPSA) is 85.6 Å². The van der Waals surface area contributed by atoms with Gasteiger partial charge in [-0.3, -0.25) is 4.79 Å². The number of halogens is 1. The van der Waals surface area contributed by atoms with Crippen LogP contribution in [-0.4, -0.2) is 44.9 Å². The van der Waals surface area contributed by atoms with Crippen molar-refractivity contribution in [3.63, 3.8) is 0 Å². The van der Waals surface area contributed by atoms with E-state index in [2.05, 4.69) is 10.6 Å². The Hall–Kier alpha value is -1.50. The number of fused-ring (bicyclic) bond motifs is 1. The number of methoxy groups -OCH3 is 1. The number of hydrogen-bond acceptors (Lipinski definition) is 5. The van der Waals surface area contributed by atoms with Gasteiger partial charge in [-0.2, -0.15) is 0 Å². The number of carbonyl (C=O) groups is 1. The number of hydrogen-bond donors (Lipinski definition) is 3. The van der Waals surface area contributed by atoms with Gasteiger partial charge >= 0.3 is 0 Å². The molecule has 1 fully saturated rings. The van der Waals surface area contributed by atoms with E-state index in [-0.39, 0.29) is 18.1 Å². The molecule has 4 N–H and O–H groups in total. The third-order valence-corrected chi connectivity index (χ3v) is 4.57. The molecular formula is C15H20ClN3O3. The average molecular weight is 326 g/mol. The molecule has 0 spiro atoms. The van der Waals surface area contributed by atoms with E-state index in [0.717, 1.165) is 25.1 Å². The number of anilines is 1. The second-order valence-electron chi connectivity index (χ2n) is 5.57. The quantitative estimate of drug-likeness (QED) is 0.721. The molecular weight excluding hydrogens is 306 g/mol. The minimum Gasteiger partial charge on any atom is -0.492 e. The van der Waals surface area contributed by atoms with Crippen molar-refractivity contribution in [2.45, 2.75) is 25.0 Å². The molecule has 3 rings (SSSR count). The minimum atomic E-state index is -0.200. The summed E-state index contributed by atoms with van der Waals surface area (Å²) in [6.07, 6.45) is 1.45. The molecule has 2 aliphatic heterocycles. The predicted molar refractivity (Wildman–Crippen MR) is 84.6 cm³/mol.